The Morgan fingerprint density at radius 2 is 1.82 bits per heavy atom. The van der Waals surface area contributed by atoms with E-state index in [1.54, 1.807) is 49.6 Å². The predicted molar refractivity (Wildman–Crippen MR) is 113 cm³/mol. The number of hydrogen-bond acceptors (Lipinski definition) is 5. The van der Waals surface area contributed by atoms with E-state index in [-0.39, 0.29) is 24.0 Å². The topological polar surface area (TPSA) is 88.7 Å². The van der Waals surface area contributed by atoms with Gasteiger partial charge in [0.2, 0.25) is 5.91 Å². The molecule has 0 spiro atoms. The molecule has 28 heavy (non-hydrogen) atoms. The fraction of sp³-hybridized carbons (Fsp3) is 0.167. The maximum atomic E-state index is 11.9. The van der Waals surface area contributed by atoms with E-state index in [1.807, 2.05) is 0 Å². The van der Waals surface area contributed by atoms with Crippen LogP contribution in [-0.2, 0) is 16.0 Å². The molecular formula is C18H17BrClN3O4S. The average molecular weight is 487 g/mol. The normalized spacial score (nSPS) is 9.96. The number of nitrogens with one attached hydrogen (secondary N) is 3. The van der Waals surface area contributed by atoms with Gasteiger partial charge in [0.15, 0.2) is 11.7 Å². The quantitative estimate of drug-likeness (QED) is 0.430. The van der Waals surface area contributed by atoms with Gasteiger partial charge in [-0.3, -0.25) is 25.8 Å². The standard InChI is InChI=1S/C18H17BrClN3O4S/c1-26-13-5-2-11(3-6-13)8-16(24)22-23-18(28)21-17(25)10-27-15-7-4-12(19)9-14(15)20/h2-7,9H,8,10H2,1H3,(H,22,24)(H2,21,23,25,28). The molecule has 0 unspecified atom stereocenters. The second-order valence-corrected chi connectivity index (χ2v) is 7.17. The van der Waals surface area contributed by atoms with E-state index in [0.717, 1.165) is 10.0 Å². The molecule has 2 rings (SSSR count). The summed E-state index contributed by atoms with van der Waals surface area (Å²) in [5.74, 6) is 0.255. The van der Waals surface area contributed by atoms with Gasteiger partial charge < -0.3 is 9.47 Å². The highest BCUT2D eigenvalue weighted by atomic mass is 79.9. The molecule has 0 fully saturated rings. The zero-order valence-corrected chi connectivity index (χ0v) is 17.9. The molecular weight excluding hydrogens is 470 g/mol. The maximum Gasteiger partial charge on any atom is 0.264 e. The largest absolute Gasteiger partial charge is 0.497 e. The third-order valence-electron chi connectivity index (χ3n) is 3.34. The molecule has 7 nitrogen and oxygen atoms in total. The lowest BCUT2D eigenvalue weighted by Gasteiger charge is -2.12. The highest BCUT2D eigenvalue weighted by Gasteiger charge is 2.09. The molecule has 10 heteroatoms. The number of hydrogen-bond donors (Lipinski definition) is 3. The third kappa shape index (κ3) is 7.34. The summed E-state index contributed by atoms with van der Waals surface area (Å²) >= 11 is 14.2. The molecule has 0 atom stereocenters. The van der Waals surface area contributed by atoms with Gasteiger partial charge in [-0.1, -0.05) is 39.7 Å². The van der Waals surface area contributed by atoms with Gasteiger partial charge in [0.25, 0.3) is 5.91 Å². The number of methoxy groups -OCH3 is 1. The van der Waals surface area contributed by atoms with Crippen molar-refractivity contribution in [3.05, 3.63) is 57.5 Å². The minimum Gasteiger partial charge on any atom is -0.497 e. The van der Waals surface area contributed by atoms with Crippen molar-refractivity contribution in [1.29, 1.82) is 0 Å². The fourth-order valence-corrected chi connectivity index (χ4v) is 2.92. The van der Waals surface area contributed by atoms with E-state index in [1.165, 1.54) is 0 Å². The van der Waals surface area contributed by atoms with Crippen LogP contribution in [0, 0.1) is 0 Å². The number of rotatable bonds is 6. The molecule has 3 N–H and O–H groups in total. The Hall–Kier alpha value is -2.36. The molecule has 0 aliphatic carbocycles. The highest BCUT2D eigenvalue weighted by Crippen LogP contribution is 2.27. The molecule has 0 aliphatic rings. The Morgan fingerprint density at radius 1 is 1.11 bits per heavy atom. The number of halogens is 2. The first-order chi connectivity index (χ1) is 13.4. The minimum absolute atomic E-state index is 0.0569. The number of thiocarbonyl (C=S) groups is 1. The number of amides is 2. The van der Waals surface area contributed by atoms with E-state index in [9.17, 15) is 9.59 Å². The number of ether oxygens (including phenoxy) is 2. The summed E-state index contributed by atoms with van der Waals surface area (Å²) in [5, 5.41) is 2.70. The van der Waals surface area contributed by atoms with Crippen LogP contribution in [0.1, 0.15) is 5.56 Å². The zero-order valence-electron chi connectivity index (χ0n) is 14.8. The van der Waals surface area contributed by atoms with Crippen molar-refractivity contribution >= 4 is 56.7 Å². The van der Waals surface area contributed by atoms with Gasteiger partial charge in [-0.2, -0.15) is 0 Å². The van der Waals surface area contributed by atoms with Gasteiger partial charge in [0, 0.05) is 4.47 Å². The van der Waals surface area contributed by atoms with Crippen molar-refractivity contribution in [2.75, 3.05) is 13.7 Å². The number of carbonyl (C=O) groups excluding carboxylic acids is 2. The van der Waals surface area contributed by atoms with Gasteiger partial charge in [-0.05, 0) is 48.1 Å². The monoisotopic (exact) mass is 485 g/mol. The summed E-state index contributed by atoms with van der Waals surface area (Å²) in [6.07, 6.45) is 0.138. The smallest absolute Gasteiger partial charge is 0.264 e. The number of hydrazine groups is 1. The summed E-state index contributed by atoms with van der Waals surface area (Å²) < 4.78 is 11.2. The Morgan fingerprint density at radius 3 is 2.46 bits per heavy atom. The van der Waals surface area contributed by atoms with Crippen LogP contribution in [0.4, 0.5) is 0 Å². The lowest BCUT2D eigenvalue weighted by Crippen LogP contribution is -2.49. The molecule has 2 amide bonds. The van der Waals surface area contributed by atoms with Crippen LogP contribution in [-0.4, -0.2) is 30.6 Å². The third-order valence-corrected chi connectivity index (χ3v) is 4.34. The number of carbonyl (C=O) groups is 2. The van der Waals surface area contributed by atoms with Crippen molar-refractivity contribution in [2.45, 2.75) is 6.42 Å². The van der Waals surface area contributed by atoms with Crippen molar-refractivity contribution in [3.63, 3.8) is 0 Å². The lowest BCUT2D eigenvalue weighted by molar-refractivity contribution is -0.122. The van der Waals surface area contributed by atoms with Gasteiger partial charge in [-0.25, -0.2) is 0 Å². The van der Waals surface area contributed by atoms with Gasteiger partial charge in [0.1, 0.15) is 11.5 Å². The molecule has 148 valence electrons. The van der Waals surface area contributed by atoms with Crippen LogP contribution < -0.4 is 25.6 Å². The molecule has 0 saturated carbocycles. The fourth-order valence-electron chi connectivity index (χ4n) is 2.03. The van der Waals surface area contributed by atoms with Gasteiger partial charge >= 0.3 is 0 Å². The summed E-state index contributed by atoms with van der Waals surface area (Å²) in [6.45, 7) is -0.289. The van der Waals surface area contributed by atoms with Crippen LogP contribution in [0.25, 0.3) is 0 Å². The molecule has 0 heterocycles. The van der Waals surface area contributed by atoms with Crippen LogP contribution >= 0.6 is 39.7 Å². The predicted octanol–water partition coefficient (Wildman–Crippen LogP) is 2.75. The average Bonchev–Trinajstić information content (AvgIpc) is 2.66. The Kier molecular flexibility index (Phi) is 8.49. The molecule has 0 bridgehead atoms. The second kappa shape index (κ2) is 10.8. The first-order valence-electron chi connectivity index (χ1n) is 7.97. The summed E-state index contributed by atoms with van der Waals surface area (Å²) in [6, 6.07) is 12.1. The van der Waals surface area contributed by atoms with E-state index >= 15 is 0 Å². The van der Waals surface area contributed by atoms with Crippen molar-refractivity contribution in [3.8, 4) is 11.5 Å². The number of benzene rings is 2. The molecule has 2 aromatic rings. The lowest BCUT2D eigenvalue weighted by atomic mass is 10.1. The van der Waals surface area contributed by atoms with Crippen molar-refractivity contribution in [2.24, 2.45) is 0 Å². The Balaban J connectivity index is 1.70. The SMILES string of the molecule is COc1ccc(CC(=O)NNC(=S)NC(=O)COc2ccc(Br)cc2Cl)cc1. The molecule has 0 aromatic heterocycles. The maximum absolute atomic E-state index is 11.9. The second-order valence-electron chi connectivity index (χ2n) is 5.44. The summed E-state index contributed by atoms with van der Waals surface area (Å²) in [7, 11) is 1.57. The van der Waals surface area contributed by atoms with E-state index in [0.29, 0.717) is 16.5 Å². The first-order valence-corrected chi connectivity index (χ1v) is 9.54. The Bertz CT molecular complexity index is 864. The molecule has 0 aliphatic heterocycles. The van der Waals surface area contributed by atoms with E-state index < -0.39 is 5.91 Å². The minimum atomic E-state index is -0.499. The highest BCUT2D eigenvalue weighted by molar-refractivity contribution is 9.10. The van der Waals surface area contributed by atoms with E-state index in [2.05, 4.69) is 32.1 Å². The van der Waals surface area contributed by atoms with Crippen molar-refractivity contribution < 1.29 is 19.1 Å². The first kappa shape index (κ1) is 21.9. The van der Waals surface area contributed by atoms with Gasteiger partial charge in [0.05, 0.1) is 18.6 Å². The summed E-state index contributed by atoms with van der Waals surface area (Å²) in [5.41, 5.74) is 5.67. The molecule has 2 aromatic carbocycles. The zero-order chi connectivity index (χ0) is 20.5. The summed E-state index contributed by atoms with van der Waals surface area (Å²) in [4.78, 5) is 23.8. The molecule has 0 radical (unpaired) electrons. The van der Waals surface area contributed by atoms with Crippen molar-refractivity contribution in [1.82, 2.24) is 16.2 Å². The van der Waals surface area contributed by atoms with Crippen LogP contribution in [0.3, 0.4) is 0 Å². The van der Waals surface area contributed by atoms with Gasteiger partial charge in [-0.15, -0.1) is 0 Å². The Labute approximate surface area is 180 Å². The van der Waals surface area contributed by atoms with E-state index in [4.69, 9.17) is 33.3 Å². The van der Waals surface area contributed by atoms with Crippen LogP contribution in [0.15, 0.2) is 46.9 Å². The van der Waals surface area contributed by atoms with Crippen LogP contribution in [0.5, 0.6) is 11.5 Å². The van der Waals surface area contributed by atoms with Crippen LogP contribution in [0.2, 0.25) is 5.02 Å². The molecule has 0 saturated heterocycles.